The van der Waals surface area contributed by atoms with Crippen LogP contribution in [-0.2, 0) is 0 Å². The molecule has 0 nitrogen and oxygen atoms in total. The van der Waals surface area contributed by atoms with Crippen molar-refractivity contribution in [2.45, 2.75) is 0 Å². The van der Waals surface area contributed by atoms with Gasteiger partial charge in [0.1, 0.15) is 0 Å². The van der Waals surface area contributed by atoms with E-state index >= 15 is 0 Å². The fourth-order valence-corrected chi connectivity index (χ4v) is 7.45. The number of benzene rings is 8. The molecule has 0 saturated carbocycles. The lowest BCUT2D eigenvalue weighted by Gasteiger charge is -2.11. The molecule has 0 aliphatic carbocycles. The molecular formula is C40H24S. The molecule has 0 spiro atoms. The molecule has 0 unspecified atom stereocenters. The van der Waals surface area contributed by atoms with Gasteiger partial charge in [0, 0.05) is 20.2 Å². The molecule has 0 fully saturated rings. The molecule has 0 aliphatic heterocycles. The fraction of sp³-hybridized carbons (Fsp3) is 0. The molecule has 1 heteroatoms. The summed E-state index contributed by atoms with van der Waals surface area (Å²) in [6.45, 7) is 0. The smallest absolute Gasteiger partial charge is 0.0629 e. The van der Waals surface area contributed by atoms with Crippen LogP contribution < -0.4 is 0 Å². The summed E-state index contributed by atoms with van der Waals surface area (Å²) in [7, 11) is 0. The standard InChI is InChI=1S/C40H24S/c1-2-8-29-23-37-31(22-28(29)7-1)17-19-35-32(10-5-11-34(35)37)27-14-12-25(13-15-27)30-16-20-36-39(24-30)41-38-21-18-26-6-3-4-9-33(26)40(36)38/h1-24H/i12D,13D,14D,15D. The Balaban J connectivity index is 1.24. The molecular weight excluding hydrogens is 513 g/mol. The Hall–Kier alpha value is -4.98. The Bertz CT molecular complexity index is 2680. The van der Waals surface area contributed by atoms with Crippen molar-refractivity contribution in [3.63, 3.8) is 0 Å². The van der Waals surface area contributed by atoms with Gasteiger partial charge < -0.3 is 0 Å². The van der Waals surface area contributed by atoms with E-state index in [0.29, 0.717) is 22.3 Å². The summed E-state index contributed by atoms with van der Waals surface area (Å²) in [5, 5.41) is 11.2. The van der Waals surface area contributed by atoms with E-state index in [9.17, 15) is 0 Å². The second-order valence-electron chi connectivity index (χ2n) is 10.6. The summed E-state index contributed by atoms with van der Waals surface area (Å²) < 4.78 is 38.8. The minimum Gasteiger partial charge on any atom is -0.135 e. The average molecular weight is 541 g/mol. The maximum Gasteiger partial charge on any atom is 0.0629 e. The SMILES string of the molecule is [2H]c1c([2H])c(-c2cccc3c2ccc2cc4ccccc4cc23)c([2H])c([2H])c1-c1ccc2c(c1)sc1ccc3ccccc3c12. The zero-order chi connectivity index (χ0) is 30.4. The summed E-state index contributed by atoms with van der Waals surface area (Å²) in [4.78, 5) is 0. The first-order valence-corrected chi connectivity index (χ1v) is 14.6. The van der Waals surface area contributed by atoms with Crippen molar-refractivity contribution < 1.29 is 5.48 Å². The molecule has 1 heterocycles. The van der Waals surface area contributed by atoms with Crippen LogP contribution in [0.5, 0.6) is 0 Å². The van der Waals surface area contributed by atoms with Crippen LogP contribution in [0.3, 0.4) is 0 Å². The highest BCUT2D eigenvalue weighted by Gasteiger charge is 2.11. The molecule has 190 valence electrons. The van der Waals surface area contributed by atoms with E-state index in [1.54, 1.807) is 11.3 Å². The fourth-order valence-electron chi connectivity index (χ4n) is 6.29. The Morgan fingerprint density at radius 2 is 1.10 bits per heavy atom. The lowest BCUT2D eigenvalue weighted by molar-refractivity contribution is 1.63. The van der Waals surface area contributed by atoms with Gasteiger partial charge in [-0.2, -0.15) is 0 Å². The minimum absolute atomic E-state index is 0.0271. The summed E-state index contributed by atoms with van der Waals surface area (Å²) in [5.41, 5.74) is 2.06. The highest BCUT2D eigenvalue weighted by molar-refractivity contribution is 7.26. The van der Waals surface area contributed by atoms with Crippen LogP contribution in [0, 0.1) is 0 Å². The first kappa shape index (κ1) is 19.2. The van der Waals surface area contributed by atoms with Gasteiger partial charge in [-0.15, -0.1) is 11.3 Å². The van der Waals surface area contributed by atoms with Crippen molar-refractivity contribution >= 4 is 74.6 Å². The van der Waals surface area contributed by atoms with Crippen LogP contribution in [-0.4, -0.2) is 0 Å². The molecule has 0 aliphatic rings. The Kier molecular flexibility index (Phi) is 4.09. The molecule has 0 radical (unpaired) electrons. The van der Waals surface area contributed by atoms with Crippen molar-refractivity contribution in [3.05, 3.63) is 145 Å². The third kappa shape index (κ3) is 3.53. The number of hydrogen-bond donors (Lipinski definition) is 0. The maximum atomic E-state index is 9.16. The topological polar surface area (TPSA) is 0 Å². The quantitative estimate of drug-likeness (QED) is 0.151. The third-order valence-corrected chi connectivity index (χ3v) is 9.41. The molecule has 0 N–H and O–H groups in total. The van der Waals surface area contributed by atoms with Gasteiger partial charge in [-0.1, -0.05) is 121 Å². The van der Waals surface area contributed by atoms with E-state index in [-0.39, 0.29) is 24.2 Å². The summed E-state index contributed by atoms with van der Waals surface area (Å²) in [5.74, 6) is 0. The van der Waals surface area contributed by atoms with E-state index in [4.69, 9.17) is 5.48 Å². The number of fused-ring (bicyclic) bond motifs is 9. The zero-order valence-electron chi connectivity index (χ0n) is 26.0. The third-order valence-electron chi connectivity index (χ3n) is 8.29. The lowest BCUT2D eigenvalue weighted by atomic mass is 9.92. The molecule has 41 heavy (non-hydrogen) atoms. The van der Waals surface area contributed by atoms with E-state index in [1.165, 1.54) is 26.2 Å². The van der Waals surface area contributed by atoms with Crippen molar-refractivity contribution in [2.24, 2.45) is 0 Å². The first-order chi connectivity index (χ1) is 22.0. The Morgan fingerprint density at radius 1 is 0.390 bits per heavy atom. The largest absolute Gasteiger partial charge is 0.135 e. The van der Waals surface area contributed by atoms with Gasteiger partial charge >= 0.3 is 0 Å². The van der Waals surface area contributed by atoms with Crippen LogP contribution in [0.1, 0.15) is 5.48 Å². The predicted octanol–water partition coefficient (Wildman–Crippen LogP) is 12.0. The van der Waals surface area contributed by atoms with Gasteiger partial charge in [-0.05, 0) is 89.6 Å². The van der Waals surface area contributed by atoms with E-state index in [0.717, 1.165) is 37.0 Å². The van der Waals surface area contributed by atoms with Crippen molar-refractivity contribution in [3.8, 4) is 22.3 Å². The molecule has 0 saturated heterocycles. The maximum absolute atomic E-state index is 9.16. The van der Waals surface area contributed by atoms with Gasteiger partial charge in [0.25, 0.3) is 0 Å². The van der Waals surface area contributed by atoms with Crippen LogP contribution in [0.25, 0.3) is 85.5 Å². The Morgan fingerprint density at radius 3 is 1.98 bits per heavy atom. The van der Waals surface area contributed by atoms with E-state index < -0.39 is 0 Å². The summed E-state index contributed by atoms with van der Waals surface area (Å²) in [6.07, 6.45) is 0. The normalized spacial score (nSPS) is 13.3. The van der Waals surface area contributed by atoms with E-state index in [2.05, 4.69) is 78.9 Å². The monoisotopic (exact) mass is 540 g/mol. The molecule has 9 rings (SSSR count). The van der Waals surface area contributed by atoms with Crippen LogP contribution >= 0.6 is 11.3 Å². The highest BCUT2D eigenvalue weighted by Crippen LogP contribution is 2.41. The predicted molar refractivity (Wildman–Crippen MR) is 180 cm³/mol. The van der Waals surface area contributed by atoms with Crippen LogP contribution in [0.2, 0.25) is 0 Å². The highest BCUT2D eigenvalue weighted by atomic mass is 32.1. The molecule has 9 aromatic rings. The summed E-state index contributed by atoms with van der Waals surface area (Å²) in [6, 6.07) is 41.4. The number of hydrogen-bond acceptors (Lipinski definition) is 1. The summed E-state index contributed by atoms with van der Waals surface area (Å²) >= 11 is 1.69. The van der Waals surface area contributed by atoms with Gasteiger partial charge in [0.15, 0.2) is 0 Å². The van der Waals surface area contributed by atoms with Crippen LogP contribution in [0.4, 0.5) is 0 Å². The van der Waals surface area contributed by atoms with Gasteiger partial charge in [-0.3, -0.25) is 0 Å². The van der Waals surface area contributed by atoms with Crippen LogP contribution in [0.15, 0.2) is 145 Å². The van der Waals surface area contributed by atoms with Gasteiger partial charge in [-0.25, -0.2) is 0 Å². The molecule has 0 bridgehead atoms. The number of thiophene rings is 1. The molecule has 0 amide bonds. The minimum atomic E-state index is -0.0282. The molecule has 0 atom stereocenters. The van der Waals surface area contributed by atoms with Crippen molar-refractivity contribution in [2.75, 3.05) is 0 Å². The van der Waals surface area contributed by atoms with Crippen molar-refractivity contribution in [1.82, 2.24) is 0 Å². The Labute approximate surface area is 247 Å². The second-order valence-corrected chi connectivity index (χ2v) is 11.7. The first-order valence-electron chi connectivity index (χ1n) is 15.8. The van der Waals surface area contributed by atoms with E-state index in [1.807, 2.05) is 42.5 Å². The number of rotatable bonds is 2. The zero-order valence-corrected chi connectivity index (χ0v) is 22.8. The lowest BCUT2D eigenvalue weighted by Crippen LogP contribution is -1.85. The molecule has 1 aromatic heterocycles. The second kappa shape index (κ2) is 8.76. The average Bonchev–Trinajstić information content (AvgIpc) is 3.45. The van der Waals surface area contributed by atoms with Gasteiger partial charge in [0.05, 0.1) is 5.48 Å². The van der Waals surface area contributed by atoms with Gasteiger partial charge in [0.2, 0.25) is 0 Å². The molecule has 8 aromatic carbocycles. The van der Waals surface area contributed by atoms with Crippen molar-refractivity contribution in [1.29, 1.82) is 0 Å².